The summed E-state index contributed by atoms with van der Waals surface area (Å²) in [6.45, 7) is 3.83. The Morgan fingerprint density at radius 2 is 1.44 bits per heavy atom. The summed E-state index contributed by atoms with van der Waals surface area (Å²) in [5.74, 6) is -1.64. The summed E-state index contributed by atoms with van der Waals surface area (Å²) in [5, 5.41) is 14.9. The summed E-state index contributed by atoms with van der Waals surface area (Å²) in [5.41, 5.74) is 5.48. The first-order chi connectivity index (χ1) is 18.8. The molecular formula is C31H34N2O6. The molecule has 1 aliphatic rings. The van der Waals surface area contributed by atoms with Gasteiger partial charge in [-0.3, -0.25) is 4.79 Å². The molecule has 0 aromatic heterocycles. The normalized spacial score (nSPS) is 14.4. The van der Waals surface area contributed by atoms with Gasteiger partial charge in [-0.15, -0.1) is 0 Å². The molecule has 0 fully saturated rings. The minimum atomic E-state index is -1.19. The van der Waals surface area contributed by atoms with E-state index in [4.69, 9.17) is 9.47 Å². The molecule has 204 valence electrons. The molecule has 39 heavy (non-hydrogen) atoms. The van der Waals surface area contributed by atoms with Gasteiger partial charge in [0, 0.05) is 18.4 Å². The van der Waals surface area contributed by atoms with E-state index >= 15 is 0 Å². The maximum atomic E-state index is 12.5. The fourth-order valence-corrected chi connectivity index (χ4v) is 4.78. The molecule has 8 nitrogen and oxygen atoms in total. The molecule has 3 atom stereocenters. The average molecular weight is 531 g/mol. The zero-order valence-electron chi connectivity index (χ0n) is 22.1. The van der Waals surface area contributed by atoms with E-state index in [1.54, 1.807) is 13.8 Å². The van der Waals surface area contributed by atoms with E-state index in [1.165, 1.54) is 0 Å². The molecule has 2 amide bonds. The lowest BCUT2D eigenvalue weighted by Gasteiger charge is -2.22. The standard InChI is InChI=1S/C31H34N2O6/c1-20(16-17-28(34)33-29(30(35)36)21(2)38-18-22-10-4-3-5-11-22)32-31(37)39-19-27-25-14-8-6-12-23(25)24-13-7-9-15-26(24)27/h3-15,20-21,27,29H,16-19H2,1-2H3,(H,32,37)(H,33,34)(H,35,36). The van der Waals surface area contributed by atoms with E-state index in [9.17, 15) is 19.5 Å². The van der Waals surface area contributed by atoms with Crippen LogP contribution in [-0.4, -0.2) is 47.9 Å². The molecule has 0 bridgehead atoms. The van der Waals surface area contributed by atoms with Crippen LogP contribution in [-0.2, 0) is 25.7 Å². The van der Waals surface area contributed by atoms with E-state index in [0.29, 0.717) is 6.42 Å². The molecule has 3 unspecified atom stereocenters. The van der Waals surface area contributed by atoms with Crippen LogP contribution in [0.1, 0.15) is 49.3 Å². The van der Waals surface area contributed by atoms with Gasteiger partial charge in [0.2, 0.25) is 5.91 Å². The summed E-state index contributed by atoms with van der Waals surface area (Å²) >= 11 is 0. The molecule has 3 aromatic rings. The Bertz CT molecular complexity index is 1250. The Balaban J connectivity index is 1.21. The number of nitrogens with one attached hydrogen (secondary N) is 2. The SMILES string of the molecule is CC(CCC(=O)NC(C(=O)O)C(C)OCc1ccccc1)NC(=O)OCC1c2ccccc2-c2ccccc21. The zero-order chi connectivity index (χ0) is 27.8. The molecule has 0 radical (unpaired) electrons. The van der Waals surface area contributed by atoms with Crippen LogP contribution in [0, 0.1) is 0 Å². The van der Waals surface area contributed by atoms with Crippen LogP contribution in [0.25, 0.3) is 11.1 Å². The summed E-state index contributed by atoms with van der Waals surface area (Å²) in [7, 11) is 0. The number of fused-ring (bicyclic) bond motifs is 3. The van der Waals surface area contributed by atoms with Crippen molar-refractivity contribution in [2.24, 2.45) is 0 Å². The Labute approximate surface area is 228 Å². The molecule has 3 N–H and O–H groups in total. The maximum Gasteiger partial charge on any atom is 0.407 e. The predicted octanol–water partition coefficient (Wildman–Crippen LogP) is 4.87. The van der Waals surface area contributed by atoms with Gasteiger partial charge in [-0.1, -0.05) is 78.9 Å². The number of ether oxygens (including phenoxy) is 2. The van der Waals surface area contributed by atoms with Crippen LogP contribution in [0.5, 0.6) is 0 Å². The second-order valence-corrected chi connectivity index (χ2v) is 9.79. The number of hydrogen-bond acceptors (Lipinski definition) is 5. The second-order valence-electron chi connectivity index (χ2n) is 9.79. The number of benzene rings is 3. The molecule has 0 saturated carbocycles. The minimum Gasteiger partial charge on any atom is -0.480 e. The summed E-state index contributed by atoms with van der Waals surface area (Å²) in [6, 6.07) is 24.1. The van der Waals surface area contributed by atoms with Gasteiger partial charge in [-0.05, 0) is 48.1 Å². The third-order valence-electron chi connectivity index (χ3n) is 6.92. The van der Waals surface area contributed by atoms with Crippen LogP contribution < -0.4 is 10.6 Å². The largest absolute Gasteiger partial charge is 0.480 e. The smallest absolute Gasteiger partial charge is 0.407 e. The zero-order valence-corrected chi connectivity index (χ0v) is 22.1. The van der Waals surface area contributed by atoms with Gasteiger partial charge in [0.1, 0.15) is 6.61 Å². The monoisotopic (exact) mass is 530 g/mol. The Kier molecular flexibility index (Phi) is 9.33. The number of carbonyl (C=O) groups is 3. The van der Waals surface area contributed by atoms with Crippen molar-refractivity contribution in [3.8, 4) is 11.1 Å². The molecule has 1 aliphatic carbocycles. The third-order valence-corrected chi connectivity index (χ3v) is 6.92. The highest BCUT2D eigenvalue weighted by molar-refractivity contribution is 5.84. The van der Waals surface area contributed by atoms with Crippen molar-refractivity contribution >= 4 is 18.0 Å². The fourth-order valence-electron chi connectivity index (χ4n) is 4.78. The van der Waals surface area contributed by atoms with Crippen LogP contribution >= 0.6 is 0 Å². The molecular weight excluding hydrogens is 496 g/mol. The Morgan fingerprint density at radius 1 is 0.846 bits per heavy atom. The van der Waals surface area contributed by atoms with E-state index in [-0.39, 0.29) is 31.6 Å². The number of carbonyl (C=O) groups excluding carboxylic acids is 2. The molecule has 8 heteroatoms. The highest BCUT2D eigenvalue weighted by Crippen LogP contribution is 2.44. The predicted molar refractivity (Wildman–Crippen MR) is 147 cm³/mol. The van der Waals surface area contributed by atoms with Crippen LogP contribution in [0.2, 0.25) is 0 Å². The highest BCUT2D eigenvalue weighted by atomic mass is 16.5. The van der Waals surface area contributed by atoms with Crippen molar-refractivity contribution in [3.63, 3.8) is 0 Å². The number of carboxylic acids is 1. The van der Waals surface area contributed by atoms with Crippen LogP contribution in [0.3, 0.4) is 0 Å². The molecule has 3 aromatic carbocycles. The van der Waals surface area contributed by atoms with E-state index in [0.717, 1.165) is 27.8 Å². The van der Waals surface area contributed by atoms with E-state index in [1.807, 2.05) is 54.6 Å². The molecule has 0 spiro atoms. The molecule has 0 heterocycles. The molecule has 4 rings (SSSR count). The first-order valence-electron chi connectivity index (χ1n) is 13.1. The van der Waals surface area contributed by atoms with E-state index < -0.39 is 30.1 Å². The topological polar surface area (TPSA) is 114 Å². The van der Waals surface area contributed by atoms with E-state index in [2.05, 4.69) is 34.9 Å². The first-order valence-corrected chi connectivity index (χ1v) is 13.1. The van der Waals surface area contributed by atoms with Crippen molar-refractivity contribution in [2.45, 2.75) is 57.4 Å². The number of amides is 2. The number of alkyl carbamates (subject to hydrolysis) is 1. The Hall–Kier alpha value is -4.17. The average Bonchev–Trinajstić information content (AvgIpc) is 3.26. The third kappa shape index (κ3) is 7.23. The summed E-state index contributed by atoms with van der Waals surface area (Å²) in [4.78, 5) is 36.7. The van der Waals surface area contributed by atoms with Gasteiger partial charge < -0.3 is 25.2 Å². The van der Waals surface area contributed by atoms with Gasteiger partial charge >= 0.3 is 12.1 Å². The number of aliphatic carboxylic acids is 1. The lowest BCUT2D eigenvalue weighted by Crippen LogP contribution is -2.48. The van der Waals surface area contributed by atoms with Gasteiger partial charge in [0.15, 0.2) is 6.04 Å². The maximum absolute atomic E-state index is 12.5. The van der Waals surface area contributed by atoms with Gasteiger partial charge in [-0.2, -0.15) is 0 Å². The second kappa shape index (κ2) is 13.1. The van der Waals surface area contributed by atoms with Crippen molar-refractivity contribution in [1.82, 2.24) is 10.6 Å². The first kappa shape index (κ1) is 27.9. The van der Waals surface area contributed by atoms with Crippen LogP contribution in [0.4, 0.5) is 4.79 Å². The summed E-state index contributed by atoms with van der Waals surface area (Å²) in [6.07, 6.45) is -0.930. The van der Waals surface area contributed by atoms with Crippen molar-refractivity contribution in [1.29, 1.82) is 0 Å². The quantitative estimate of drug-likeness (QED) is 0.308. The minimum absolute atomic E-state index is 0.0386. The Morgan fingerprint density at radius 3 is 2.05 bits per heavy atom. The molecule has 0 aliphatic heterocycles. The lowest BCUT2D eigenvalue weighted by atomic mass is 9.98. The lowest BCUT2D eigenvalue weighted by molar-refractivity contribution is -0.146. The van der Waals surface area contributed by atoms with Gasteiger partial charge in [0.25, 0.3) is 0 Å². The van der Waals surface area contributed by atoms with Crippen molar-refractivity contribution < 1.29 is 29.0 Å². The number of rotatable bonds is 12. The van der Waals surface area contributed by atoms with Gasteiger partial charge in [0.05, 0.1) is 12.7 Å². The van der Waals surface area contributed by atoms with Crippen LogP contribution in [0.15, 0.2) is 78.9 Å². The van der Waals surface area contributed by atoms with Gasteiger partial charge in [-0.25, -0.2) is 9.59 Å². The van der Waals surface area contributed by atoms with Crippen molar-refractivity contribution in [3.05, 3.63) is 95.6 Å². The summed E-state index contributed by atoms with van der Waals surface area (Å²) < 4.78 is 11.2. The number of carboxylic acid groups (broad SMARTS) is 1. The molecule has 0 saturated heterocycles. The number of hydrogen-bond donors (Lipinski definition) is 3. The van der Waals surface area contributed by atoms with Crippen molar-refractivity contribution in [2.75, 3.05) is 6.61 Å². The fraction of sp³-hybridized carbons (Fsp3) is 0.323. The highest BCUT2D eigenvalue weighted by Gasteiger charge is 2.30.